The van der Waals surface area contributed by atoms with Gasteiger partial charge in [-0.25, -0.2) is 0 Å². The van der Waals surface area contributed by atoms with E-state index in [0.29, 0.717) is 25.4 Å². The van der Waals surface area contributed by atoms with Crippen LogP contribution < -0.4 is 15.5 Å². The average Bonchev–Trinajstić information content (AvgIpc) is 2.81. The van der Waals surface area contributed by atoms with Gasteiger partial charge in [-0.1, -0.05) is 29.8 Å². The Labute approximate surface area is 189 Å². The van der Waals surface area contributed by atoms with E-state index in [1.807, 2.05) is 19.1 Å². The Hall–Kier alpha value is -2.90. The highest BCUT2D eigenvalue weighted by atomic mass is 16.5. The van der Waals surface area contributed by atoms with Crippen LogP contribution in [0.4, 0.5) is 11.4 Å². The molecule has 4 rings (SSSR count). The Morgan fingerprint density at radius 3 is 2.53 bits per heavy atom. The zero-order chi connectivity index (χ0) is 22.5. The Morgan fingerprint density at radius 2 is 1.78 bits per heavy atom. The minimum absolute atomic E-state index is 0.00689. The number of carbonyl (C=O) groups excluding carboxylic acids is 2. The average molecular weight is 437 g/mol. The lowest BCUT2D eigenvalue weighted by atomic mass is 9.95. The summed E-state index contributed by atoms with van der Waals surface area (Å²) in [4.78, 5) is 29.5. The monoisotopic (exact) mass is 436 g/mol. The van der Waals surface area contributed by atoms with E-state index in [1.54, 1.807) is 12.1 Å². The van der Waals surface area contributed by atoms with Crippen molar-refractivity contribution in [1.82, 2.24) is 10.2 Å². The van der Waals surface area contributed by atoms with E-state index in [-0.39, 0.29) is 6.04 Å². The van der Waals surface area contributed by atoms with Crippen molar-refractivity contribution in [3.8, 4) is 0 Å². The van der Waals surface area contributed by atoms with Gasteiger partial charge in [0.25, 0.3) is 0 Å². The normalized spacial score (nSPS) is 17.4. The zero-order valence-corrected chi connectivity index (χ0v) is 18.9. The fraction of sp³-hybridized carbons (Fsp3) is 0.440. The Morgan fingerprint density at radius 1 is 1.03 bits per heavy atom. The summed E-state index contributed by atoms with van der Waals surface area (Å²) < 4.78 is 5.53. The second-order valence-electron chi connectivity index (χ2n) is 8.61. The third-order valence-electron chi connectivity index (χ3n) is 6.30. The maximum atomic E-state index is 12.5. The van der Waals surface area contributed by atoms with Gasteiger partial charge < -0.3 is 20.3 Å². The topological polar surface area (TPSA) is 73.9 Å². The van der Waals surface area contributed by atoms with Crippen molar-refractivity contribution in [3.63, 3.8) is 0 Å². The lowest BCUT2D eigenvalue weighted by molar-refractivity contribution is -0.136. The summed E-state index contributed by atoms with van der Waals surface area (Å²) >= 11 is 0. The molecule has 2 amide bonds. The number of hydrogen-bond donors (Lipinski definition) is 2. The minimum Gasteiger partial charge on any atom is -0.379 e. The number of morpholine rings is 1. The first-order valence-corrected chi connectivity index (χ1v) is 11.3. The van der Waals surface area contributed by atoms with Gasteiger partial charge in [0.2, 0.25) is 0 Å². The number of ether oxygens (including phenoxy) is 1. The van der Waals surface area contributed by atoms with E-state index in [0.717, 1.165) is 38.0 Å². The number of fused-ring (bicyclic) bond motifs is 1. The number of aryl methyl sites for hydroxylation is 2. The molecule has 1 fully saturated rings. The molecule has 0 aromatic heterocycles. The van der Waals surface area contributed by atoms with Gasteiger partial charge in [-0.3, -0.25) is 14.5 Å². The quantitative estimate of drug-likeness (QED) is 0.705. The van der Waals surface area contributed by atoms with Crippen LogP contribution in [0, 0.1) is 6.92 Å². The molecule has 1 saturated heterocycles. The van der Waals surface area contributed by atoms with Crippen LogP contribution in [0.5, 0.6) is 0 Å². The summed E-state index contributed by atoms with van der Waals surface area (Å²) in [5.74, 6) is -1.27. The van der Waals surface area contributed by atoms with E-state index < -0.39 is 11.8 Å². The molecule has 2 aromatic carbocycles. The van der Waals surface area contributed by atoms with Crippen LogP contribution in [0.3, 0.4) is 0 Å². The van der Waals surface area contributed by atoms with Gasteiger partial charge >= 0.3 is 11.8 Å². The highest BCUT2D eigenvalue weighted by molar-refractivity contribution is 6.39. The number of nitrogens with one attached hydrogen (secondary N) is 2. The predicted octanol–water partition coefficient (Wildman–Crippen LogP) is 2.51. The molecule has 0 bridgehead atoms. The van der Waals surface area contributed by atoms with E-state index in [4.69, 9.17) is 4.74 Å². The molecule has 2 N–H and O–H groups in total. The van der Waals surface area contributed by atoms with Gasteiger partial charge in [0.15, 0.2) is 0 Å². The first kappa shape index (κ1) is 22.3. The van der Waals surface area contributed by atoms with E-state index in [1.165, 1.54) is 16.8 Å². The summed E-state index contributed by atoms with van der Waals surface area (Å²) in [7, 11) is 2.13. The first-order valence-electron chi connectivity index (χ1n) is 11.3. The minimum atomic E-state index is -0.651. The number of nitrogens with zero attached hydrogens (tertiary/aromatic N) is 2. The SMILES string of the molecule is Cc1ccc(NC(=O)C(=O)NC[C@H](c2ccc3c(c2)CCCN3C)N2CCOCC2)cc1. The maximum Gasteiger partial charge on any atom is 0.313 e. The predicted molar refractivity (Wildman–Crippen MR) is 126 cm³/mol. The van der Waals surface area contributed by atoms with Crippen molar-refractivity contribution in [3.05, 3.63) is 59.2 Å². The third kappa shape index (κ3) is 5.29. The van der Waals surface area contributed by atoms with Crippen molar-refractivity contribution in [2.75, 3.05) is 56.7 Å². The molecule has 7 nitrogen and oxygen atoms in total. The highest BCUT2D eigenvalue weighted by Gasteiger charge is 2.26. The second kappa shape index (κ2) is 10.1. The summed E-state index contributed by atoms with van der Waals surface area (Å²) in [6.07, 6.45) is 2.21. The molecule has 0 radical (unpaired) electrons. The van der Waals surface area contributed by atoms with Crippen LogP contribution >= 0.6 is 0 Å². The maximum absolute atomic E-state index is 12.5. The van der Waals surface area contributed by atoms with Gasteiger partial charge in [-0.05, 0) is 49.1 Å². The van der Waals surface area contributed by atoms with Crippen LogP contribution in [0.15, 0.2) is 42.5 Å². The van der Waals surface area contributed by atoms with Gasteiger partial charge in [-0.2, -0.15) is 0 Å². The zero-order valence-electron chi connectivity index (χ0n) is 18.9. The van der Waals surface area contributed by atoms with Crippen molar-refractivity contribution >= 4 is 23.2 Å². The molecule has 2 aliphatic heterocycles. The molecule has 32 heavy (non-hydrogen) atoms. The lowest BCUT2D eigenvalue weighted by Gasteiger charge is -2.36. The second-order valence-corrected chi connectivity index (χ2v) is 8.61. The summed E-state index contributed by atoms with van der Waals surface area (Å²) in [5.41, 5.74) is 5.50. The smallest absolute Gasteiger partial charge is 0.313 e. The van der Waals surface area contributed by atoms with Crippen LogP contribution in [-0.2, 0) is 20.7 Å². The summed E-state index contributed by atoms with van der Waals surface area (Å²) in [6.45, 7) is 6.36. The number of amides is 2. The van der Waals surface area contributed by atoms with E-state index >= 15 is 0 Å². The fourth-order valence-corrected chi connectivity index (χ4v) is 4.45. The van der Waals surface area contributed by atoms with Crippen LogP contribution in [0.25, 0.3) is 0 Å². The molecular weight excluding hydrogens is 404 g/mol. The van der Waals surface area contributed by atoms with Crippen molar-refractivity contribution in [1.29, 1.82) is 0 Å². The molecule has 170 valence electrons. The van der Waals surface area contributed by atoms with Crippen molar-refractivity contribution in [2.45, 2.75) is 25.8 Å². The van der Waals surface area contributed by atoms with Gasteiger partial charge in [-0.15, -0.1) is 0 Å². The molecular formula is C25H32N4O3. The standard InChI is InChI=1S/C25H32N4O3/c1-18-5-8-21(9-6-18)27-25(31)24(30)26-17-23(29-12-14-32-15-13-29)20-7-10-22-19(16-20)4-3-11-28(22)2/h5-10,16,23H,3-4,11-15,17H2,1-2H3,(H,26,30)(H,27,31)/t23-/m1/s1. The molecule has 0 saturated carbocycles. The largest absolute Gasteiger partial charge is 0.379 e. The number of carbonyl (C=O) groups is 2. The van der Waals surface area contributed by atoms with Crippen LogP contribution in [-0.4, -0.2) is 63.2 Å². The van der Waals surface area contributed by atoms with Crippen molar-refractivity contribution < 1.29 is 14.3 Å². The molecule has 2 heterocycles. The number of rotatable bonds is 5. The lowest BCUT2D eigenvalue weighted by Crippen LogP contribution is -2.45. The highest BCUT2D eigenvalue weighted by Crippen LogP contribution is 2.30. The molecule has 0 aliphatic carbocycles. The first-order chi connectivity index (χ1) is 15.5. The van der Waals surface area contributed by atoms with Crippen LogP contribution in [0.1, 0.15) is 29.2 Å². The Kier molecular flexibility index (Phi) is 7.07. The molecule has 2 aromatic rings. The van der Waals surface area contributed by atoms with E-state index in [9.17, 15) is 9.59 Å². The fourth-order valence-electron chi connectivity index (χ4n) is 4.45. The third-order valence-corrected chi connectivity index (χ3v) is 6.30. The molecule has 7 heteroatoms. The number of hydrogen-bond acceptors (Lipinski definition) is 5. The molecule has 1 atom stereocenters. The summed E-state index contributed by atoms with van der Waals surface area (Å²) in [6, 6.07) is 14.0. The molecule has 0 unspecified atom stereocenters. The Bertz CT molecular complexity index is 954. The number of benzene rings is 2. The summed E-state index contributed by atoms with van der Waals surface area (Å²) in [5, 5.41) is 5.52. The molecule has 0 spiro atoms. The van der Waals surface area contributed by atoms with Gasteiger partial charge in [0.05, 0.1) is 19.3 Å². The van der Waals surface area contributed by atoms with Gasteiger partial charge in [0, 0.05) is 44.6 Å². The molecule has 2 aliphatic rings. The van der Waals surface area contributed by atoms with Gasteiger partial charge in [0.1, 0.15) is 0 Å². The van der Waals surface area contributed by atoms with Crippen LogP contribution in [0.2, 0.25) is 0 Å². The Balaban J connectivity index is 1.45. The van der Waals surface area contributed by atoms with E-state index in [2.05, 4.69) is 45.7 Å². The van der Waals surface area contributed by atoms with Crippen molar-refractivity contribution in [2.24, 2.45) is 0 Å². The number of anilines is 2.